The molecule has 0 aliphatic heterocycles. The number of aromatic amines is 1. The normalized spacial score (nSPS) is 10.2. The van der Waals surface area contributed by atoms with Gasteiger partial charge in [-0.25, -0.2) is 0 Å². The van der Waals surface area contributed by atoms with Crippen molar-refractivity contribution in [1.82, 2.24) is 10.2 Å². The molecule has 2 aromatic rings. The zero-order valence-electron chi connectivity index (χ0n) is 9.18. The smallest absolute Gasteiger partial charge is 0.290 e. The maximum absolute atomic E-state index is 11.9. The van der Waals surface area contributed by atoms with Crippen molar-refractivity contribution in [2.45, 2.75) is 0 Å². The van der Waals surface area contributed by atoms with E-state index in [4.69, 9.17) is 23.2 Å². The highest BCUT2D eigenvalue weighted by atomic mass is 35.5. The molecule has 2 N–H and O–H groups in total. The average molecular weight is 301 g/mol. The van der Waals surface area contributed by atoms with Gasteiger partial charge in [0, 0.05) is 17.8 Å². The summed E-state index contributed by atoms with van der Waals surface area (Å²) in [5.74, 6) is -0.553. The average Bonchev–Trinajstić information content (AvgIpc) is 2.84. The van der Waals surface area contributed by atoms with Crippen molar-refractivity contribution >= 4 is 40.5 Å². The van der Waals surface area contributed by atoms with Crippen LogP contribution in [0.15, 0.2) is 24.5 Å². The lowest BCUT2D eigenvalue weighted by Gasteiger charge is -2.04. The van der Waals surface area contributed by atoms with E-state index in [-0.39, 0.29) is 15.6 Å². The number of H-pyrrole nitrogens is 1. The monoisotopic (exact) mass is 300 g/mol. The molecule has 1 aromatic heterocycles. The van der Waals surface area contributed by atoms with E-state index in [9.17, 15) is 14.9 Å². The van der Waals surface area contributed by atoms with Crippen LogP contribution in [-0.4, -0.2) is 21.0 Å². The molecule has 9 heteroatoms. The SMILES string of the molecule is O=C(Nc1cn[nH]c1)c1cc(Cl)c(Cl)c([N+](=O)[O-])c1. The minimum absolute atomic E-state index is 0.0299. The van der Waals surface area contributed by atoms with E-state index in [1.54, 1.807) is 0 Å². The fraction of sp³-hybridized carbons (Fsp3) is 0. The Balaban J connectivity index is 2.35. The molecular formula is C10H6Cl2N4O3. The number of anilines is 1. The highest BCUT2D eigenvalue weighted by Gasteiger charge is 2.20. The summed E-state index contributed by atoms with van der Waals surface area (Å²) in [7, 11) is 0. The van der Waals surface area contributed by atoms with Crippen LogP contribution in [0.4, 0.5) is 11.4 Å². The van der Waals surface area contributed by atoms with E-state index >= 15 is 0 Å². The maximum atomic E-state index is 11.9. The summed E-state index contributed by atoms with van der Waals surface area (Å²) in [4.78, 5) is 21.9. The Morgan fingerprint density at radius 1 is 1.42 bits per heavy atom. The third-order valence-corrected chi connectivity index (χ3v) is 3.02. The second-order valence-corrected chi connectivity index (χ2v) is 4.27. The van der Waals surface area contributed by atoms with Gasteiger partial charge < -0.3 is 5.32 Å². The number of hydrogen-bond acceptors (Lipinski definition) is 4. The molecule has 2 rings (SSSR count). The van der Waals surface area contributed by atoms with Crippen LogP contribution in [-0.2, 0) is 0 Å². The Morgan fingerprint density at radius 3 is 2.74 bits per heavy atom. The maximum Gasteiger partial charge on any atom is 0.290 e. The molecule has 98 valence electrons. The first-order valence-electron chi connectivity index (χ1n) is 4.92. The van der Waals surface area contributed by atoms with Crippen LogP contribution in [0.1, 0.15) is 10.4 Å². The Bertz CT molecular complexity index is 642. The van der Waals surface area contributed by atoms with Gasteiger partial charge in [0.25, 0.3) is 11.6 Å². The summed E-state index contributed by atoms with van der Waals surface area (Å²) in [5, 5.41) is 19.2. The molecule has 19 heavy (non-hydrogen) atoms. The van der Waals surface area contributed by atoms with Gasteiger partial charge in [-0.05, 0) is 6.07 Å². The lowest BCUT2D eigenvalue weighted by atomic mass is 10.2. The number of carbonyl (C=O) groups excluding carboxylic acids is 1. The molecule has 0 unspecified atom stereocenters. The fourth-order valence-corrected chi connectivity index (χ4v) is 1.75. The third kappa shape index (κ3) is 2.83. The van der Waals surface area contributed by atoms with Crippen molar-refractivity contribution in [3.05, 3.63) is 50.2 Å². The number of nitro benzene ring substituents is 1. The van der Waals surface area contributed by atoms with Gasteiger partial charge in [0.05, 0.1) is 21.8 Å². The molecule has 0 aliphatic carbocycles. The van der Waals surface area contributed by atoms with Crippen LogP contribution < -0.4 is 5.32 Å². The van der Waals surface area contributed by atoms with E-state index in [0.29, 0.717) is 5.69 Å². The minimum atomic E-state index is -0.706. The van der Waals surface area contributed by atoms with Gasteiger partial charge in [-0.1, -0.05) is 23.2 Å². The van der Waals surface area contributed by atoms with E-state index in [1.165, 1.54) is 18.5 Å². The molecule has 1 heterocycles. The Kier molecular flexibility index (Phi) is 3.68. The zero-order chi connectivity index (χ0) is 14.0. The highest BCUT2D eigenvalue weighted by molar-refractivity contribution is 6.43. The number of nitrogens with one attached hydrogen (secondary N) is 2. The van der Waals surface area contributed by atoms with Crippen LogP contribution in [0.2, 0.25) is 10.0 Å². The van der Waals surface area contributed by atoms with E-state index < -0.39 is 16.5 Å². The number of nitrogens with zero attached hydrogens (tertiary/aromatic N) is 2. The second-order valence-electron chi connectivity index (χ2n) is 3.49. The van der Waals surface area contributed by atoms with Crippen molar-refractivity contribution in [3.8, 4) is 0 Å². The molecule has 0 bridgehead atoms. The number of rotatable bonds is 3. The summed E-state index contributed by atoms with van der Waals surface area (Å²) in [6.45, 7) is 0. The Labute approximate surface area is 116 Å². The number of amides is 1. The van der Waals surface area contributed by atoms with Gasteiger partial charge in [0.15, 0.2) is 0 Å². The summed E-state index contributed by atoms with van der Waals surface area (Å²) >= 11 is 11.4. The molecule has 0 saturated carbocycles. The first-order chi connectivity index (χ1) is 8.99. The molecule has 7 nitrogen and oxygen atoms in total. The molecule has 0 aliphatic rings. The first kappa shape index (κ1) is 13.3. The summed E-state index contributed by atoms with van der Waals surface area (Å²) < 4.78 is 0. The molecular weight excluding hydrogens is 295 g/mol. The van der Waals surface area contributed by atoms with Gasteiger partial charge in [-0.3, -0.25) is 20.0 Å². The van der Waals surface area contributed by atoms with Crippen LogP contribution in [0.25, 0.3) is 0 Å². The van der Waals surface area contributed by atoms with Gasteiger partial charge in [-0.15, -0.1) is 0 Å². The molecule has 1 amide bonds. The minimum Gasteiger partial charge on any atom is -0.319 e. The van der Waals surface area contributed by atoms with E-state index in [1.807, 2.05) is 0 Å². The van der Waals surface area contributed by atoms with Crippen molar-refractivity contribution in [2.24, 2.45) is 0 Å². The molecule has 0 saturated heterocycles. The largest absolute Gasteiger partial charge is 0.319 e. The first-order valence-corrected chi connectivity index (χ1v) is 5.68. The lowest BCUT2D eigenvalue weighted by Crippen LogP contribution is -2.11. The van der Waals surface area contributed by atoms with Crippen molar-refractivity contribution in [3.63, 3.8) is 0 Å². The third-order valence-electron chi connectivity index (χ3n) is 2.22. The highest BCUT2D eigenvalue weighted by Crippen LogP contribution is 2.33. The number of carbonyl (C=O) groups is 1. The van der Waals surface area contributed by atoms with Gasteiger partial charge in [-0.2, -0.15) is 5.10 Å². The number of nitro groups is 1. The second kappa shape index (κ2) is 5.25. The van der Waals surface area contributed by atoms with Crippen LogP contribution in [0, 0.1) is 10.1 Å². The number of benzene rings is 1. The zero-order valence-corrected chi connectivity index (χ0v) is 10.7. The molecule has 1 aromatic carbocycles. The van der Waals surface area contributed by atoms with Gasteiger partial charge >= 0.3 is 0 Å². The molecule has 0 spiro atoms. The predicted octanol–water partition coefficient (Wildman–Crippen LogP) is 2.88. The van der Waals surface area contributed by atoms with Crippen molar-refractivity contribution in [2.75, 3.05) is 5.32 Å². The molecule has 0 radical (unpaired) electrons. The molecule has 0 fully saturated rings. The van der Waals surface area contributed by atoms with E-state index in [0.717, 1.165) is 6.07 Å². The van der Waals surface area contributed by atoms with Gasteiger partial charge in [0.2, 0.25) is 0 Å². The number of aromatic nitrogens is 2. The number of hydrogen-bond donors (Lipinski definition) is 2. The standard InChI is InChI=1S/C10H6Cl2N4O3/c11-7-1-5(2-8(9(7)12)16(18)19)10(17)15-6-3-13-14-4-6/h1-4H,(H,13,14)(H,15,17). The Hall–Kier alpha value is -2.12. The van der Waals surface area contributed by atoms with E-state index in [2.05, 4.69) is 15.5 Å². The lowest BCUT2D eigenvalue weighted by molar-refractivity contribution is -0.384. The fourth-order valence-electron chi connectivity index (χ4n) is 1.36. The topological polar surface area (TPSA) is 101 Å². The summed E-state index contributed by atoms with van der Waals surface area (Å²) in [6.07, 6.45) is 2.85. The summed E-state index contributed by atoms with van der Waals surface area (Å²) in [6, 6.07) is 2.32. The van der Waals surface area contributed by atoms with Crippen molar-refractivity contribution in [1.29, 1.82) is 0 Å². The van der Waals surface area contributed by atoms with Crippen molar-refractivity contribution < 1.29 is 9.72 Å². The van der Waals surface area contributed by atoms with Crippen LogP contribution in [0.3, 0.4) is 0 Å². The van der Waals surface area contributed by atoms with Crippen LogP contribution >= 0.6 is 23.2 Å². The number of halogens is 2. The Morgan fingerprint density at radius 2 is 2.16 bits per heavy atom. The van der Waals surface area contributed by atoms with Crippen LogP contribution in [0.5, 0.6) is 0 Å². The predicted molar refractivity (Wildman–Crippen MR) is 69.7 cm³/mol. The van der Waals surface area contributed by atoms with Gasteiger partial charge in [0.1, 0.15) is 5.02 Å². The molecule has 0 atom stereocenters. The summed E-state index contributed by atoms with van der Waals surface area (Å²) in [5.41, 5.74) is 0.0348. The quantitative estimate of drug-likeness (QED) is 0.672.